The van der Waals surface area contributed by atoms with Crippen molar-refractivity contribution in [3.8, 4) is 0 Å². The Morgan fingerprint density at radius 1 is 0.889 bits per heavy atom. The molecule has 0 fully saturated rings. The molecule has 3 nitrogen and oxygen atoms in total. The molecule has 3 heteroatoms. The van der Waals surface area contributed by atoms with Crippen molar-refractivity contribution in [2.75, 3.05) is 5.32 Å². The largest absolute Gasteiger partial charge is 0.324 e. The lowest BCUT2D eigenvalue weighted by Gasteiger charge is -2.13. The fraction of sp³-hybridized carbons (Fsp3) is 0.0833. The van der Waals surface area contributed by atoms with E-state index in [4.69, 9.17) is 0 Å². The molecule has 1 atom stereocenters. The highest BCUT2D eigenvalue weighted by Crippen LogP contribution is 2.12. The highest BCUT2D eigenvalue weighted by Gasteiger charge is 2.17. The van der Waals surface area contributed by atoms with E-state index in [2.05, 4.69) is 16.9 Å². The molecule has 0 aliphatic rings. The van der Waals surface area contributed by atoms with Crippen LogP contribution in [-0.2, 0) is 11.2 Å². The number of aliphatic imine (C=N–C) groups is 1. The van der Waals surface area contributed by atoms with Gasteiger partial charge >= 0.3 is 0 Å². The Morgan fingerprint density at radius 3 is 2.11 bits per heavy atom. The Kier molecular flexibility index (Phi) is 6.31. The molecule has 27 heavy (non-hydrogen) atoms. The Morgan fingerprint density at radius 2 is 1.48 bits per heavy atom. The second-order valence-corrected chi connectivity index (χ2v) is 6.21. The van der Waals surface area contributed by atoms with Gasteiger partial charge in [0.05, 0.1) is 0 Å². The fourth-order valence-corrected chi connectivity index (χ4v) is 2.69. The Hall–Kier alpha value is -3.46. The summed E-state index contributed by atoms with van der Waals surface area (Å²) in [7, 11) is 0. The zero-order valence-electron chi connectivity index (χ0n) is 15.1. The molecule has 134 valence electrons. The molecule has 1 amide bonds. The van der Waals surface area contributed by atoms with Gasteiger partial charge in [0, 0.05) is 18.3 Å². The minimum absolute atomic E-state index is 0.121. The van der Waals surface area contributed by atoms with Crippen molar-refractivity contribution in [2.24, 2.45) is 4.99 Å². The van der Waals surface area contributed by atoms with Crippen LogP contribution in [0.1, 0.15) is 16.7 Å². The summed E-state index contributed by atoms with van der Waals surface area (Å²) in [6, 6.07) is 26.8. The van der Waals surface area contributed by atoms with Crippen LogP contribution >= 0.6 is 0 Å². The number of hydrogen-bond acceptors (Lipinski definition) is 2. The lowest BCUT2D eigenvalue weighted by molar-refractivity contribution is -0.117. The standard InChI is InChI=1S/C24H22N2O/c1-2-19-13-15-21(16-14-19)18-25-23(17-20-9-5-3-6-10-20)24(27)26-22-11-7-4-8-12-22/h2-16,18,23H,1,17H2,(H,26,27). The topological polar surface area (TPSA) is 41.5 Å². The van der Waals surface area contributed by atoms with Gasteiger partial charge in [-0.2, -0.15) is 0 Å². The minimum Gasteiger partial charge on any atom is -0.324 e. The van der Waals surface area contributed by atoms with Crippen molar-refractivity contribution >= 4 is 23.9 Å². The summed E-state index contributed by atoms with van der Waals surface area (Å²) in [4.78, 5) is 17.4. The first-order valence-electron chi connectivity index (χ1n) is 8.90. The molecule has 3 aromatic rings. The molecule has 3 aromatic carbocycles. The maximum Gasteiger partial charge on any atom is 0.249 e. The summed E-state index contributed by atoms with van der Waals surface area (Å²) < 4.78 is 0. The number of anilines is 1. The fourth-order valence-electron chi connectivity index (χ4n) is 2.69. The van der Waals surface area contributed by atoms with Crippen molar-refractivity contribution < 1.29 is 4.79 Å². The Bertz CT molecular complexity index is 900. The van der Waals surface area contributed by atoms with Crippen LogP contribution in [0.15, 0.2) is 96.5 Å². The second kappa shape index (κ2) is 9.30. The van der Waals surface area contributed by atoms with Crippen LogP contribution in [0, 0.1) is 0 Å². The molecular weight excluding hydrogens is 332 g/mol. The SMILES string of the molecule is C=Cc1ccc(C=NC(Cc2ccccc2)C(=O)Nc2ccccc2)cc1. The number of para-hydroxylation sites is 1. The van der Waals surface area contributed by atoms with Crippen LogP contribution < -0.4 is 5.32 Å². The summed E-state index contributed by atoms with van der Waals surface area (Å²) in [5.41, 5.74) is 3.84. The van der Waals surface area contributed by atoms with Crippen molar-refractivity contribution in [3.63, 3.8) is 0 Å². The van der Waals surface area contributed by atoms with Crippen LogP contribution in [0.5, 0.6) is 0 Å². The van der Waals surface area contributed by atoms with Crippen LogP contribution in [0.25, 0.3) is 6.08 Å². The molecule has 0 aliphatic carbocycles. The molecule has 0 bridgehead atoms. The quantitative estimate of drug-likeness (QED) is 0.596. The van der Waals surface area contributed by atoms with Gasteiger partial charge < -0.3 is 5.32 Å². The lowest BCUT2D eigenvalue weighted by Crippen LogP contribution is -2.28. The number of nitrogens with one attached hydrogen (secondary N) is 1. The van der Waals surface area contributed by atoms with Gasteiger partial charge in [-0.15, -0.1) is 0 Å². The first-order chi connectivity index (χ1) is 13.2. The van der Waals surface area contributed by atoms with E-state index >= 15 is 0 Å². The smallest absolute Gasteiger partial charge is 0.249 e. The molecule has 0 saturated carbocycles. The molecule has 0 aromatic heterocycles. The number of carbonyl (C=O) groups excluding carboxylic acids is 1. The third-order valence-electron chi connectivity index (χ3n) is 4.19. The molecule has 0 heterocycles. The van der Waals surface area contributed by atoms with Crippen molar-refractivity contribution in [2.45, 2.75) is 12.5 Å². The van der Waals surface area contributed by atoms with Crippen molar-refractivity contribution in [3.05, 3.63) is 108 Å². The van der Waals surface area contributed by atoms with Gasteiger partial charge in [0.15, 0.2) is 0 Å². The molecule has 0 radical (unpaired) electrons. The lowest BCUT2D eigenvalue weighted by atomic mass is 10.1. The molecule has 0 spiro atoms. The summed E-state index contributed by atoms with van der Waals surface area (Å²) in [5.74, 6) is -0.121. The van der Waals surface area contributed by atoms with E-state index < -0.39 is 6.04 Å². The van der Waals surface area contributed by atoms with E-state index in [1.165, 1.54) is 0 Å². The molecule has 0 saturated heterocycles. The molecule has 3 rings (SSSR count). The number of benzene rings is 3. The average Bonchev–Trinajstić information content (AvgIpc) is 2.73. The summed E-state index contributed by atoms with van der Waals surface area (Å²) in [6.45, 7) is 3.76. The minimum atomic E-state index is -0.508. The van der Waals surface area contributed by atoms with Gasteiger partial charge in [-0.1, -0.05) is 85.5 Å². The molecule has 0 aliphatic heterocycles. The predicted molar refractivity (Wildman–Crippen MR) is 113 cm³/mol. The van der Waals surface area contributed by atoms with Crippen LogP contribution in [-0.4, -0.2) is 18.2 Å². The van der Waals surface area contributed by atoms with Crippen molar-refractivity contribution in [1.29, 1.82) is 0 Å². The zero-order chi connectivity index (χ0) is 18.9. The summed E-state index contributed by atoms with van der Waals surface area (Å²) >= 11 is 0. The van der Waals surface area contributed by atoms with Gasteiger partial charge in [-0.3, -0.25) is 9.79 Å². The molecular formula is C24H22N2O. The van der Waals surface area contributed by atoms with Crippen LogP contribution in [0.4, 0.5) is 5.69 Å². The number of hydrogen-bond donors (Lipinski definition) is 1. The maximum atomic E-state index is 12.8. The number of carbonyl (C=O) groups is 1. The highest BCUT2D eigenvalue weighted by molar-refractivity contribution is 5.96. The third kappa shape index (κ3) is 5.51. The van der Waals surface area contributed by atoms with Crippen LogP contribution in [0.3, 0.4) is 0 Å². The highest BCUT2D eigenvalue weighted by atomic mass is 16.2. The second-order valence-electron chi connectivity index (χ2n) is 6.21. The van der Waals surface area contributed by atoms with E-state index in [1.807, 2.05) is 84.9 Å². The van der Waals surface area contributed by atoms with Gasteiger partial charge in [-0.05, 0) is 28.8 Å². The summed E-state index contributed by atoms with van der Waals surface area (Å²) in [5, 5.41) is 2.95. The van der Waals surface area contributed by atoms with Gasteiger partial charge in [0.1, 0.15) is 6.04 Å². The summed E-state index contributed by atoms with van der Waals surface area (Å²) in [6.07, 6.45) is 4.10. The van der Waals surface area contributed by atoms with E-state index in [1.54, 1.807) is 12.3 Å². The van der Waals surface area contributed by atoms with Gasteiger partial charge in [-0.25, -0.2) is 0 Å². The van der Waals surface area contributed by atoms with E-state index in [0.29, 0.717) is 6.42 Å². The monoisotopic (exact) mass is 354 g/mol. The zero-order valence-corrected chi connectivity index (χ0v) is 15.1. The molecule has 1 unspecified atom stereocenters. The predicted octanol–water partition coefficient (Wildman–Crippen LogP) is 5.00. The number of amides is 1. The van der Waals surface area contributed by atoms with Crippen LogP contribution in [0.2, 0.25) is 0 Å². The maximum absolute atomic E-state index is 12.8. The van der Waals surface area contributed by atoms with Gasteiger partial charge in [0.25, 0.3) is 0 Å². The van der Waals surface area contributed by atoms with E-state index in [9.17, 15) is 4.79 Å². The number of nitrogens with zero attached hydrogens (tertiary/aromatic N) is 1. The van der Waals surface area contributed by atoms with Crippen molar-refractivity contribution in [1.82, 2.24) is 0 Å². The van der Waals surface area contributed by atoms with E-state index in [0.717, 1.165) is 22.4 Å². The average molecular weight is 354 g/mol. The van der Waals surface area contributed by atoms with Gasteiger partial charge in [0.2, 0.25) is 5.91 Å². The normalized spacial score (nSPS) is 11.9. The first kappa shape index (κ1) is 18.3. The molecule has 1 N–H and O–H groups in total. The van der Waals surface area contributed by atoms with E-state index in [-0.39, 0.29) is 5.91 Å². The number of rotatable bonds is 7. The Balaban J connectivity index is 1.78. The Labute approximate surface area is 160 Å². The third-order valence-corrected chi connectivity index (χ3v) is 4.19. The first-order valence-corrected chi connectivity index (χ1v) is 8.90.